The number of carbonyl (C=O) groups excluding carboxylic acids is 2. The summed E-state index contributed by atoms with van der Waals surface area (Å²) >= 11 is 1.47. The number of cyclic esters (lactones) is 1. The summed E-state index contributed by atoms with van der Waals surface area (Å²) in [6, 6.07) is 1.75. The molecule has 1 saturated heterocycles. The van der Waals surface area contributed by atoms with Crippen molar-refractivity contribution in [3.05, 3.63) is 29.5 Å². The Hall–Kier alpha value is -2.55. The van der Waals surface area contributed by atoms with Crippen LogP contribution in [-0.2, 0) is 16.0 Å². The van der Waals surface area contributed by atoms with Crippen LogP contribution in [0.1, 0.15) is 5.69 Å². The third-order valence-electron chi connectivity index (χ3n) is 3.19. The third kappa shape index (κ3) is 4.01. The maximum absolute atomic E-state index is 11.8. The first-order valence-corrected chi connectivity index (χ1v) is 8.00. The van der Waals surface area contributed by atoms with Crippen molar-refractivity contribution in [2.75, 3.05) is 26.2 Å². The average Bonchev–Trinajstić information content (AvgIpc) is 3.18. The van der Waals surface area contributed by atoms with Gasteiger partial charge in [0.25, 0.3) is 0 Å². The highest BCUT2D eigenvalue weighted by Crippen LogP contribution is 2.19. The van der Waals surface area contributed by atoms with E-state index in [-0.39, 0.29) is 12.5 Å². The highest BCUT2D eigenvalue weighted by Gasteiger charge is 2.23. The van der Waals surface area contributed by atoms with Crippen LogP contribution in [-0.4, -0.2) is 58.1 Å². The van der Waals surface area contributed by atoms with E-state index in [9.17, 15) is 9.59 Å². The Morgan fingerprint density at radius 3 is 2.96 bits per heavy atom. The van der Waals surface area contributed by atoms with Gasteiger partial charge in [0.15, 0.2) is 10.8 Å². The lowest BCUT2D eigenvalue weighted by atomic mass is 10.3. The molecule has 120 valence electrons. The van der Waals surface area contributed by atoms with Crippen LogP contribution in [0.25, 0.3) is 10.8 Å². The number of ether oxygens (including phenoxy) is 1. The Balaban J connectivity index is 1.45. The van der Waals surface area contributed by atoms with Crippen molar-refractivity contribution in [1.82, 2.24) is 25.2 Å². The molecule has 0 radical (unpaired) electrons. The monoisotopic (exact) mass is 333 g/mol. The van der Waals surface area contributed by atoms with Gasteiger partial charge in [0.1, 0.15) is 13.2 Å². The number of amides is 2. The molecule has 0 spiro atoms. The topological polar surface area (TPSA) is 97.3 Å². The van der Waals surface area contributed by atoms with Crippen LogP contribution in [0.4, 0.5) is 4.79 Å². The first-order chi connectivity index (χ1) is 11.2. The molecule has 1 aliphatic rings. The Kier molecular flexibility index (Phi) is 4.77. The van der Waals surface area contributed by atoms with Gasteiger partial charge in [0.2, 0.25) is 5.91 Å². The van der Waals surface area contributed by atoms with E-state index >= 15 is 0 Å². The summed E-state index contributed by atoms with van der Waals surface area (Å²) in [6.07, 6.45) is 3.52. The van der Waals surface area contributed by atoms with Crippen molar-refractivity contribution < 1.29 is 14.3 Å². The van der Waals surface area contributed by atoms with Crippen molar-refractivity contribution in [2.24, 2.45) is 0 Å². The van der Waals surface area contributed by atoms with Crippen LogP contribution < -0.4 is 5.32 Å². The molecule has 1 aliphatic heterocycles. The zero-order valence-electron chi connectivity index (χ0n) is 12.3. The van der Waals surface area contributed by atoms with E-state index in [0.29, 0.717) is 31.9 Å². The molecule has 23 heavy (non-hydrogen) atoms. The molecule has 2 aromatic heterocycles. The number of rotatable bonds is 6. The summed E-state index contributed by atoms with van der Waals surface area (Å²) in [7, 11) is 0. The standard InChI is InChI=1S/C14H15N5O3S/c20-11(8-19-6-7-22-14(19)21)15-5-2-10-9-23-13(18-10)12-16-3-1-4-17-12/h1,3-4,9H,2,5-8H2,(H,15,20). The van der Waals surface area contributed by atoms with Crippen molar-refractivity contribution in [1.29, 1.82) is 0 Å². The van der Waals surface area contributed by atoms with Crippen LogP contribution in [0.5, 0.6) is 0 Å². The van der Waals surface area contributed by atoms with Crippen LogP contribution >= 0.6 is 11.3 Å². The molecule has 0 aliphatic carbocycles. The first-order valence-electron chi connectivity index (χ1n) is 7.12. The molecule has 0 unspecified atom stereocenters. The normalized spacial score (nSPS) is 13.9. The number of hydrogen-bond donors (Lipinski definition) is 1. The van der Waals surface area contributed by atoms with Crippen molar-refractivity contribution in [2.45, 2.75) is 6.42 Å². The molecule has 1 N–H and O–H groups in total. The van der Waals surface area contributed by atoms with E-state index in [2.05, 4.69) is 20.3 Å². The van der Waals surface area contributed by atoms with Crippen LogP contribution in [0, 0.1) is 0 Å². The highest BCUT2D eigenvalue weighted by atomic mass is 32.1. The predicted octanol–water partition coefficient (Wildman–Crippen LogP) is 0.711. The van der Waals surface area contributed by atoms with Crippen LogP contribution in [0.3, 0.4) is 0 Å². The van der Waals surface area contributed by atoms with E-state index in [1.807, 2.05) is 5.38 Å². The number of thiazole rings is 1. The fourth-order valence-electron chi connectivity index (χ4n) is 2.06. The number of nitrogens with zero attached hydrogens (tertiary/aromatic N) is 4. The summed E-state index contributed by atoms with van der Waals surface area (Å²) in [5.41, 5.74) is 0.873. The summed E-state index contributed by atoms with van der Waals surface area (Å²) in [5.74, 6) is 0.394. The van der Waals surface area contributed by atoms with E-state index in [1.54, 1.807) is 18.5 Å². The van der Waals surface area contributed by atoms with Gasteiger partial charge in [-0.3, -0.25) is 9.69 Å². The molecule has 0 saturated carbocycles. The highest BCUT2D eigenvalue weighted by molar-refractivity contribution is 7.13. The van der Waals surface area contributed by atoms with Gasteiger partial charge in [0.05, 0.1) is 12.2 Å². The predicted molar refractivity (Wildman–Crippen MR) is 82.8 cm³/mol. The van der Waals surface area contributed by atoms with Crippen molar-refractivity contribution >= 4 is 23.3 Å². The molecule has 0 aromatic carbocycles. The van der Waals surface area contributed by atoms with Gasteiger partial charge >= 0.3 is 6.09 Å². The van der Waals surface area contributed by atoms with Crippen molar-refractivity contribution in [3.63, 3.8) is 0 Å². The van der Waals surface area contributed by atoms with Crippen molar-refractivity contribution in [3.8, 4) is 10.8 Å². The Bertz CT molecular complexity index is 691. The van der Waals surface area contributed by atoms with Gasteiger partial charge in [0, 0.05) is 30.7 Å². The summed E-state index contributed by atoms with van der Waals surface area (Å²) in [4.78, 5) is 37.1. The van der Waals surface area contributed by atoms with Gasteiger partial charge in [-0.2, -0.15) is 0 Å². The third-order valence-corrected chi connectivity index (χ3v) is 4.08. The second-order valence-electron chi connectivity index (χ2n) is 4.85. The second kappa shape index (κ2) is 7.14. The lowest BCUT2D eigenvalue weighted by Gasteiger charge is -2.11. The molecule has 8 nitrogen and oxygen atoms in total. The molecular formula is C14H15N5O3S. The zero-order chi connectivity index (χ0) is 16.1. The van der Waals surface area contributed by atoms with Gasteiger partial charge in [-0.25, -0.2) is 19.7 Å². The minimum atomic E-state index is -0.438. The number of nitrogens with one attached hydrogen (secondary N) is 1. The Morgan fingerprint density at radius 1 is 1.39 bits per heavy atom. The summed E-state index contributed by atoms with van der Waals surface area (Å²) in [5, 5.41) is 5.46. The van der Waals surface area contributed by atoms with Gasteiger partial charge in [-0.1, -0.05) is 0 Å². The molecule has 0 atom stereocenters. The zero-order valence-corrected chi connectivity index (χ0v) is 13.1. The number of hydrogen-bond acceptors (Lipinski definition) is 7. The first kappa shape index (κ1) is 15.3. The summed E-state index contributed by atoms with van der Waals surface area (Å²) in [6.45, 7) is 1.29. The molecular weight excluding hydrogens is 318 g/mol. The minimum absolute atomic E-state index is 0.0268. The van der Waals surface area contributed by atoms with E-state index < -0.39 is 6.09 Å². The molecule has 3 heterocycles. The largest absolute Gasteiger partial charge is 0.448 e. The summed E-state index contributed by atoms with van der Waals surface area (Å²) < 4.78 is 4.77. The van der Waals surface area contributed by atoms with E-state index in [1.165, 1.54) is 16.2 Å². The second-order valence-corrected chi connectivity index (χ2v) is 5.71. The van der Waals surface area contributed by atoms with Gasteiger partial charge in [-0.05, 0) is 6.07 Å². The number of aromatic nitrogens is 3. The minimum Gasteiger partial charge on any atom is -0.448 e. The maximum Gasteiger partial charge on any atom is 0.410 e. The SMILES string of the molecule is O=C(CN1CCOC1=O)NCCc1csc(-c2ncccn2)n1. The Morgan fingerprint density at radius 2 is 2.22 bits per heavy atom. The molecule has 0 bridgehead atoms. The molecule has 2 aromatic rings. The molecule has 1 fully saturated rings. The van der Waals surface area contributed by atoms with E-state index in [4.69, 9.17) is 4.74 Å². The fraction of sp³-hybridized carbons (Fsp3) is 0.357. The smallest absolute Gasteiger partial charge is 0.410 e. The molecule has 3 rings (SSSR count). The van der Waals surface area contributed by atoms with Gasteiger partial charge in [-0.15, -0.1) is 11.3 Å². The molecule has 9 heteroatoms. The number of carbonyl (C=O) groups is 2. The lowest BCUT2D eigenvalue weighted by Crippen LogP contribution is -2.38. The maximum atomic E-state index is 11.8. The quantitative estimate of drug-likeness (QED) is 0.836. The lowest BCUT2D eigenvalue weighted by molar-refractivity contribution is -0.121. The average molecular weight is 333 g/mol. The van der Waals surface area contributed by atoms with Crippen LogP contribution in [0.15, 0.2) is 23.8 Å². The van der Waals surface area contributed by atoms with Gasteiger partial charge < -0.3 is 10.1 Å². The van der Waals surface area contributed by atoms with E-state index in [0.717, 1.165) is 10.7 Å². The fourth-order valence-corrected chi connectivity index (χ4v) is 2.86. The Labute approximate surface area is 136 Å². The molecule has 2 amide bonds. The van der Waals surface area contributed by atoms with Crippen LogP contribution in [0.2, 0.25) is 0 Å².